The largest absolute Gasteiger partial charge is 0.490 e. The van der Waals surface area contributed by atoms with Gasteiger partial charge in [0.05, 0.1) is 0 Å². The van der Waals surface area contributed by atoms with Crippen LogP contribution < -0.4 is 5.56 Å². The summed E-state index contributed by atoms with van der Waals surface area (Å²) in [6.45, 7) is 2.20. The third-order valence-electron chi connectivity index (χ3n) is 5.37. The number of aromatic nitrogens is 3. The van der Waals surface area contributed by atoms with Gasteiger partial charge in [-0.15, -0.1) is 0 Å². The topological polar surface area (TPSA) is 111 Å². The summed E-state index contributed by atoms with van der Waals surface area (Å²) in [5.41, 5.74) is -0.00769. The number of rotatable bonds is 3. The fourth-order valence-corrected chi connectivity index (χ4v) is 3.71. The summed E-state index contributed by atoms with van der Waals surface area (Å²) >= 11 is 0. The number of benzene rings is 1. The van der Waals surface area contributed by atoms with Crippen LogP contribution in [0.1, 0.15) is 24.4 Å². The number of hydrogen-bond acceptors (Lipinski definition) is 5. The molecule has 1 aromatic carbocycles. The summed E-state index contributed by atoms with van der Waals surface area (Å²) in [6, 6.07) is 9.66. The molecule has 4 rings (SSSR count). The summed E-state index contributed by atoms with van der Waals surface area (Å²) < 4.78 is 33.6. The van der Waals surface area contributed by atoms with Gasteiger partial charge in [-0.1, -0.05) is 18.2 Å². The van der Waals surface area contributed by atoms with Gasteiger partial charge in [-0.25, -0.2) is 9.78 Å². The van der Waals surface area contributed by atoms with Gasteiger partial charge in [-0.3, -0.25) is 9.69 Å². The van der Waals surface area contributed by atoms with Crippen molar-refractivity contribution in [1.29, 1.82) is 0 Å². The molecule has 0 aliphatic carbocycles. The number of alkyl halides is 3. The molecule has 1 aliphatic rings. The molecule has 0 saturated carbocycles. The molecule has 8 nitrogen and oxygen atoms in total. The number of aromatic amines is 1. The first-order valence-corrected chi connectivity index (χ1v) is 9.83. The van der Waals surface area contributed by atoms with E-state index in [1.807, 2.05) is 48.1 Å². The highest BCUT2D eigenvalue weighted by molar-refractivity contribution is 5.81. The molecule has 1 fully saturated rings. The van der Waals surface area contributed by atoms with Gasteiger partial charge in [0.15, 0.2) is 0 Å². The zero-order valence-electron chi connectivity index (χ0n) is 17.3. The smallest absolute Gasteiger partial charge is 0.475 e. The van der Waals surface area contributed by atoms with Gasteiger partial charge in [0, 0.05) is 50.2 Å². The predicted octanol–water partition coefficient (Wildman–Crippen LogP) is 2.38. The summed E-state index contributed by atoms with van der Waals surface area (Å²) in [7, 11) is 1.91. The van der Waals surface area contributed by atoms with Gasteiger partial charge in [0.2, 0.25) is 0 Å². The third kappa shape index (κ3) is 5.35. The highest BCUT2D eigenvalue weighted by Gasteiger charge is 2.38. The van der Waals surface area contributed by atoms with Gasteiger partial charge in [0.25, 0.3) is 5.56 Å². The Balaban J connectivity index is 0.000000360. The lowest BCUT2D eigenvalue weighted by Gasteiger charge is -2.37. The second-order valence-corrected chi connectivity index (χ2v) is 7.68. The number of aliphatic hydroxyl groups is 1. The molecule has 0 bridgehead atoms. The lowest BCUT2D eigenvalue weighted by molar-refractivity contribution is -0.192. The minimum absolute atomic E-state index is 0.0466. The van der Waals surface area contributed by atoms with Crippen molar-refractivity contribution in [2.75, 3.05) is 13.1 Å². The molecule has 11 heteroatoms. The number of nitrogens with one attached hydrogen (secondary N) is 1. The Labute approximate surface area is 180 Å². The number of carboxylic acids is 1. The molecule has 32 heavy (non-hydrogen) atoms. The molecule has 0 unspecified atom stereocenters. The Hall–Kier alpha value is -3.18. The first-order valence-electron chi connectivity index (χ1n) is 9.83. The fraction of sp³-hybridized carbons (Fsp3) is 0.381. The first-order chi connectivity index (χ1) is 15.0. The molecule has 1 aliphatic heterocycles. The van der Waals surface area contributed by atoms with Crippen molar-refractivity contribution in [2.45, 2.75) is 31.2 Å². The molecule has 3 aromatic rings. The van der Waals surface area contributed by atoms with Crippen LogP contribution in [0.5, 0.6) is 0 Å². The molecule has 0 radical (unpaired) electrons. The highest BCUT2D eigenvalue weighted by atomic mass is 19.4. The summed E-state index contributed by atoms with van der Waals surface area (Å²) in [5, 5.41) is 19.7. The number of aryl methyl sites for hydroxylation is 1. The Morgan fingerprint density at radius 3 is 2.44 bits per heavy atom. The maximum Gasteiger partial charge on any atom is 0.490 e. The fourth-order valence-electron chi connectivity index (χ4n) is 3.71. The molecule has 1 saturated heterocycles. The zero-order chi connectivity index (χ0) is 23.5. The third-order valence-corrected chi connectivity index (χ3v) is 5.37. The van der Waals surface area contributed by atoms with Crippen LogP contribution in [-0.4, -0.2) is 54.9 Å². The van der Waals surface area contributed by atoms with Crippen molar-refractivity contribution in [3.05, 3.63) is 64.6 Å². The highest BCUT2D eigenvalue weighted by Crippen LogP contribution is 2.31. The number of H-pyrrole nitrogens is 1. The maximum absolute atomic E-state index is 12.2. The average Bonchev–Trinajstić information content (AvgIpc) is 3.17. The monoisotopic (exact) mass is 452 g/mol. The SMILES string of the molecule is Cn1ccnc1C1(O)CCN(Cc2cc3ccccc3c(=O)[nH]2)CC1.O=C(O)C(F)(F)F. The van der Waals surface area contributed by atoms with E-state index in [-0.39, 0.29) is 5.56 Å². The van der Waals surface area contributed by atoms with E-state index in [1.165, 1.54) is 0 Å². The van der Waals surface area contributed by atoms with Crippen molar-refractivity contribution in [3.63, 3.8) is 0 Å². The van der Waals surface area contributed by atoms with Gasteiger partial charge >= 0.3 is 12.1 Å². The number of fused-ring (bicyclic) bond motifs is 1. The Morgan fingerprint density at radius 2 is 1.88 bits per heavy atom. The number of imidazole rings is 1. The van der Waals surface area contributed by atoms with Crippen molar-refractivity contribution in [1.82, 2.24) is 19.4 Å². The number of carboxylic acid groups (broad SMARTS) is 1. The van der Waals surface area contributed by atoms with E-state index in [4.69, 9.17) is 9.90 Å². The molecular weight excluding hydrogens is 429 g/mol. The second-order valence-electron chi connectivity index (χ2n) is 7.68. The Kier molecular flexibility index (Phi) is 6.70. The van der Waals surface area contributed by atoms with Crippen LogP contribution in [0.15, 0.2) is 47.5 Å². The minimum Gasteiger partial charge on any atom is -0.475 e. The molecule has 172 valence electrons. The number of halogens is 3. The Bertz CT molecular complexity index is 1150. The normalized spacial score (nSPS) is 16.4. The van der Waals surface area contributed by atoms with Crippen LogP contribution in [0, 0.1) is 0 Å². The van der Waals surface area contributed by atoms with E-state index < -0.39 is 17.7 Å². The standard InChI is InChI=1S/C19H22N4O2.C2HF3O2/c1-22-11-8-20-18(22)19(25)6-9-23(10-7-19)13-15-12-14-4-2-3-5-16(14)17(24)21-15;3-2(4,5)1(6)7/h2-5,8,11-12,25H,6-7,9-10,13H2,1H3,(H,21,24);(H,6,7). The number of nitrogens with zero attached hydrogens (tertiary/aromatic N) is 3. The summed E-state index contributed by atoms with van der Waals surface area (Å²) in [5.74, 6) is -2.03. The van der Waals surface area contributed by atoms with Gasteiger partial charge in [-0.2, -0.15) is 13.2 Å². The molecular formula is C21H23F3N4O4. The minimum atomic E-state index is -5.08. The van der Waals surface area contributed by atoms with E-state index in [0.29, 0.717) is 24.8 Å². The van der Waals surface area contributed by atoms with Crippen LogP contribution in [-0.2, 0) is 24.0 Å². The molecule has 0 spiro atoms. The van der Waals surface area contributed by atoms with E-state index in [0.717, 1.165) is 30.0 Å². The van der Waals surface area contributed by atoms with Crippen LogP contribution >= 0.6 is 0 Å². The number of carbonyl (C=O) groups is 1. The van der Waals surface area contributed by atoms with Crippen LogP contribution in [0.25, 0.3) is 10.8 Å². The lowest BCUT2D eigenvalue weighted by atomic mass is 9.90. The lowest BCUT2D eigenvalue weighted by Crippen LogP contribution is -2.43. The van der Waals surface area contributed by atoms with Gasteiger partial charge in [-0.05, 0) is 30.4 Å². The van der Waals surface area contributed by atoms with E-state index in [1.54, 1.807) is 6.20 Å². The summed E-state index contributed by atoms with van der Waals surface area (Å²) in [4.78, 5) is 30.7. The number of piperidine rings is 1. The van der Waals surface area contributed by atoms with Crippen molar-refractivity contribution >= 4 is 16.7 Å². The number of aliphatic carboxylic acids is 1. The molecule has 3 N–H and O–H groups in total. The van der Waals surface area contributed by atoms with Crippen molar-refractivity contribution in [3.8, 4) is 0 Å². The number of likely N-dealkylation sites (tertiary alicyclic amines) is 1. The van der Waals surface area contributed by atoms with Gasteiger partial charge in [0.1, 0.15) is 11.4 Å². The molecule has 3 heterocycles. The summed E-state index contributed by atoms with van der Waals surface area (Å²) in [6.07, 6.45) is -0.232. The quantitative estimate of drug-likeness (QED) is 0.563. The van der Waals surface area contributed by atoms with Crippen molar-refractivity contribution < 1.29 is 28.2 Å². The van der Waals surface area contributed by atoms with Crippen LogP contribution in [0.4, 0.5) is 13.2 Å². The van der Waals surface area contributed by atoms with E-state index >= 15 is 0 Å². The van der Waals surface area contributed by atoms with Crippen LogP contribution in [0.3, 0.4) is 0 Å². The zero-order valence-corrected chi connectivity index (χ0v) is 17.3. The van der Waals surface area contributed by atoms with E-state index in [2.05, 4.69) is 14.9 Å². The average molecular weight is 452 g/mol. The first kappa shape index (κ1) is 23.5. The molecule has 2 aromatic heterocycles. The molecule has 0 atom stereocenters. The van der Waals surface area contributed by atoms with Gasteiger partial charge < -0.3 is 19.8 Å². The molecule has 0 amide bonds. The number of pyridine rings is 1. The Morgan fingerprint density at radius 1 is 1.25 bits per heavy atom. The number of hydrogen-bond donors (Lipinski definition) is 3. The van der Waals surface area contributed by atoms with E-state index in [9.17, 15) is 23.1 Å². The second kappa shape index (κ2) is 9.13. The maximum atomic E-state index is 12.2. The predicted molar refractivity (Wildman–Crippen MR) is 110 cm³/mol. The van der Waals surface area contributed by atoms with Crippen molar-refractivity contribution in [2.24, 2.45) is 7.05 Å². The van der Waals surface area contributed by atoms with Crippen LogP contribution in [0.2, 0.25) is 0 Å².